The maximum absolute atomic E-state index is 13.4. The minimum atomic E-state index is -0.125. The molecule has 0 unspecified atom stereocenters. The molecule has 0 atom stereocenters. The highest BCUT2D eigenvalue weighted by Gasteiger charge is 2.16. The van der Waals surface area contributed by atoms with Crippen LogP contribution in [0.3, 0.4) is 0 Å². The fourth-order valence-corrected chi connectivity index (χ4v) is 4.73. The topological polar surface area (TPSA) is 63.6 Å². The molecule has 0 aliphatic heterocycles. The van der Waals surface area contributed by atoms with Crippen molar-refractivity contribution in [1.82, 2.24) is 14.1 Å². The van der Waals surface area contributed by atoms with Crippen molar-refractivity contribution in [3.8, 4) is 11.8 Å². The van der Waals surface area contributed by atoms with Crippen molar-refractivity contribution in [3.63, 3.8) is 0 Å². The van der Waals surface area contributed by atoms with Crippen LogP contribution in [0.15, 0.2) is 76.7 Å². The van der Waals surface area contributed by atoms with E-state index in [0.29, 0.717) is 16.1 Å². The van der Waals surface area contributed by atoms with Crippen LogP contribution in [-0.2, 0) is 6.54 Å². The molecular formula is C24H18N4OS. The van der Waals surface area contributed by atoms with E-state index in [1.165, 1.54) is 17.3 Å². The van der Waals surface area contributed by atoms with Gasteiger partial charge < -0.3 is 4.57 Å². The Morgan fingerprint density at radius 1 is 0.967 bits per heavy atom. The minimum Gasteiger partial charge on any atom is -0.341 e. The molecule has 0 aliphatic carbocycles. The largest absolute Gasteiger partial charge is 0.341 e. The van der Waals surface area contributed by atoms with Gasteiger partial charge in [-0.05, 0) is 43.3 Å². The minimum absolute atomic E-state index is 0.125. The lowest BCUT2D eigenvalue weighted by Crippen LogP contribution is -2.21. The number of nitriles is 1. The van der Waals surface area contributed by atoms with Crippen LogP contribution in [0.5, 0.6) is 0 Å². The third-order valence-corrected chi connectivity index (χ3v) is 6.15. The summed E-state index contributed by atoms with van der Waals surface area (Å²) in [7, 11) is 0. The summed E-state index contributed by atoms with van der Waals surface area (Å²) in [6, 6.07) is 23.9. The molecule has 5 aromatic rings. The van der Waals surface area contributed by atoms with Gasteiger partial charge in [0.25, 0.3) is 5.56 Å². The molecule has 5 rings (SSSR count). The second-order valence-corrected chi connectivity index (χ2v) is 7.90. The van der Waals surface area contributed by atoms with E-state index in [1.54, 1.807) is 10.6 Å². The number of hydrogen-bond acceptors (Lipinski definition) is 4. The molecule has 2 heterocycles. The molecule has 0 saturated carbocycles. The van der Waals surface area contributed by atoms with Crippen molar-refractivity contribution < 1.29 is 0 Å². The van der Waals surface area contributed by atoms with Crippen LogP contribution in [0.25, 0.3) is 38.4 Å². The van der Waals surface area contributed by atoms with Crippen LogP contribution in [0.1, 0.15) is 6.92 Å². The Kier molecular flexibility index (Phi) is 4.53. The molecule has 3 aromatic carbocycles. The Balaban J connectivity index is 1.83. The van der Waals surface area contributed by atoms with E-state index in [9.17, 15) is 4.79 Å². The Morgan fingerprint density at radius 3 is 2.50 bits per heavy atom. The summed E-state index contributed by atoms with van der Waals surface area (Å²) < 4.78 is 3.91. The van der Waals surface area contributed by atoms with Gasteiger partial charge in [0.15, 0.2) is 5.16 Å². The molecule has 0 saturated heterocycles. The van der Waals surface area contributed by atoms with Crippen molar-refractivity contribution in [2.75, 3.05) is 5.75 Å². The van der Waals surface area contributed by atoms with E-state index in [4.69, 9.17) is 5.26 Å². The molecule has 0 N–H and O–H groups in total. The fourth-order valence-electron chi connectivity index (χ4n) is 4.06. The lowest BCUT2D eigenvalue weighted by molar-refractivity contribution is 0.817. The molecule has 0 amide bonds. The normalized spacial score (nSPS) is 11.3. The van der Waals surface area contributed by atoms with Gasteiger partial charge in [0.1, 0.15) is 0 Å². The first-order chi connectivity index (χ1) is 14.7. The zero-order chi connectivity index (χ0) is 20.7. The number of hydrogen-bond donors (Lipinski definition) is 0. The maximum atomic E-state index is 13.4. The second-order valence-electron chi connectivity index (χ2n) is 6.96. The van der Waals surface area contributed by atoms with Gasteiger partial charge in [0.2, 0.25) is 0 Å². The summed E-state index contributed by atoms with van der Waals surface area (Å²) in [6.45, 7) is 3.00. The first-order valence-electron chi connectivity index (χ1n) is 9.76. The van der Waals surface area contributed by atoms with Crippen LogP contribution in [0.4, 0.5) is 0 Å². The Hall–Kier alpha value is -3.56. The maximum Gasteiger partial charge on any atom is 0.266 e. The molecule has 30 heavy (non-hydrogen) atoms. The predicted octanol–water partition coefficient (Wildman–Crippen LogP) is 5.13. The van der Waals surface area contributed by atoms with Crippen LogP contribution in [0.2, 0.25) is 0 Å². The van der Waals surface area contributed by atoms with Gasteiger partial charge in [0.05, 0.1) is 28.4 Å². The van der Waals surface area contributed by atoms with Crippen molar-refractivity contribution in [2.45, 2.75) is 18.6 Å². The van der Waals surface area contributed by atoms with Crippen LogP contribution in [-0.4, -0.2) is 19.9 Å². The molecule has 6 heteroatoms. The first kappa shape index (κ1) is 18.5. The summed E-state index contributed by atoms with van der Waals surface area (Å²) in [5.41, 5.74) is 3.58. The quantitative estimate of drug-likeness (QED) is 0.304. The van der Waals surface area contributed by atoms with Gasteiger partial charge in [-0.25, -0.2) is 4.98 Å². The summed E-state index contributed by atoms with van der Waals surface area (Å²) in [5, 5.41) is 12.4. The zero-order valence-corrected chi connectivity index (χ0v) is 17.2. The predicted molar refractivity (Wildman–Crippen MR) is 122 cm³/mol. The van der Waals surface area contributed by atoms with E-state index >= 15 is 0 Å². The lowest BCUT2D eigenvalue weighted by atomic mass is 10.1. The average Bonchev–Trinajstić information content (AvgIpc) is 3.10. The molecule has 2 aromatic heterocycles. The van der Waals surface area contributed by atoms with E-state index < -0.39 is 0 Å². The van der Waals surface area contributed by atoms with Gasteiger partial charge in [-0.1, -0.05) is 42.1 Å². The van der Waals surface area contributed by atoms with Gasteiger partial charge >= 0.3 is 0 Å². The summed E-state index contributed by atoms with van der Waals surface area (Å²) >= 11 is 1.28. The third-order valence-electron chi connectivity index (χ3n) is 5.34. The first-order valence-corrected chi connectivity index (χ1v) is 10.7. The standard InChI is InChI=1S/C24H18N4OS/c1-2-27-21-10-6-4-7-17(21)19-15-16(11-12-22(19)27)28-23(29)18-8-3-5-9-20(18)26-24(28)30-14-13-25/h3-12,15H,2,14H2,1H3. The Labute approximate surface area is 177 Å². The van der Waals surface area contributed by atoms with Crippen LogP contribution >= 0.6 is 11.8 Å². The number of aromatic nitrogens is 3. The highest BCUT2D eigenvalue weighted by Crippen LogP contribution is 2.31. The number of rotatable bonds is 4. The van der Waals surface area contributed by atoms with Gasteiger partial charge in [0, 0.05) is 28.4 Å². The van der Waals surface area contributed by atoms with Crippen molar-refractivity contribution in [1.29, 1.82) is 5.26 Å². The van der Waals surface area contributed by atoms with Crippen LogP contribution in [0, 0.1) is 11.3 Å². The lowest BCUT2D eigenvalue weighted by Gasteiger charge is -2.13. The van der Waals surface area contributed by atoms with Crippen molar-refractivity contribution in [3.05, 3.63) is 77.1 Å². The number of thioether (sulfide) groups is 1. The van der Waals surface area contributed by atoms with Crippen molar-refractivity contribution >= 4 is 44.5 Å². The van der Waals surface area contributed by atoms with Gasteiger partial charge in [-0.2, -0.15) is 5.26 Å². The van der Waals surface area contributed by atoms with E-state index in [2.05, 4.69) is 46.8 Å². The third kappa shape index (κ3) is 2.78. The summed E-state index contributed by atoms with van der Waals surface area (Å²) in [5.74, 6) is 0.224. The summed E-state index contributed by atoms with van der Waals surface area (Å²) in [4.78, 5) is 18.1. The molecule has 146 valence electrons. The molecule has 0 radical (unpaired) electrons. The Bertz CT molecular complexity index is 1520. The fraction of sp³-hybridized carbons (Fsp3) is 0.125. The summed E-state index contributed by atoms with van der Waals surface area (Å²) in [6.07, 6.45) is 0. The molecule has 0 bridgehead atoms. The van der Waals surface area contributed by atoms with Crippen LogP contribution < -0.4 is 5.56 Å². The van der Waals surface area contributed by atoms with E-state index in [1.807, 2.05) is 36.4 Å². The second kappa shape index (κ2) is 7.36. The number of aryl methyl sites for hydroxylation is 1. The van der Waals surface area contributed by atoms with E-state index in [0.717, 1.165) is 28.5 Å². The number of fused-ring (bicyclic) bond motifs is 4. The molecular weight excluding hydrogens is 392 g/mol. The number of para-hydroxylation sites is 2. The molecule has 0 spiro atoms. The Morgan fingerprint density at radius 2 is 1.70 bits per heavy atom. The average molecular weight is 411 g/mol. The van der Waals surface area contributed by atoms with E-state index in [-0.39, 0.29) is 11.3 Å². The smallest absolute Gasteiger partial charge is 0.266 e. The highest BCUT2D eigenvalue weighted by atomic mass is 32.2. The monoisotopic (exact) mass is 410 g/mol. The SMILES string of the molecule is CCn1c2ccccc2c2cc(-n3c(SCC#N)nc4ccccc4c3=O)ccc21. The molecule has 0 fully saturated rings. The van der Waals surface area contributed by atoms with Crippen molar-refractivity contribution in [2.24, 2.45) is 0 Å². The van der Waals surface area contributed by atoms with Gasteiger partial charge in [-0.3, -0.25) is 9.36 Å². The number of benzene rings is 3. The molecule has 0 aliphatic rings. The highest BCUT2D eigenvalue weighted by molar-refractivity contribution is 7.99. The number of nitrogens with zero attached hydrogens (tertiary/aromatic N) is 4. The zero-order valence-electron chi connectivity index (χ0n) is 16.4. The van der Waals surface area contributed by atoms with Gasteiger partial charge in [-0.15, -0.1) is 0 Å². The molecule has 5 nitrogen and oxygen atoms in total.